The third-order valence-electron chi connectivity index (χ3n) is 2.49. The lowest BCUT2D eigenvalue weighted by Crippen LogP contribution is -2.30. The van der Waals surface area contributed by atoms with E-state index in [4.69, 9.17) is 5.11 Å². The van der Waals surface area contributed by atoms with Crippen LogP contribution in [0.4, 0.5) is 0 Å². The Morgan fingerprint density at radius 3 is 2.35 bits per heavy atom. The largest absolute Gasteiger partial charge is 0.395 e. The predicted molar refractivity (Wildman–Crippen MR) is 69.1 cm³/mol. The third-order valence-corrected chi connectivity index (χ3v) is 3.40. The first-order chi connectivity index (χ1) is 7.97. The zero-order chi connectivity index (χ0) is 12.9. The van der Waals surface area contributed by atoms with Gasteiger partial charge in [-0.05, 0) is 0 Å². The number of hydrogen-bond acceptors (Lipinski definition) is 4. The van der Waals surface area contributed by atoms with E-state index in [2.05, 4.69) is 0 Å². The van der Waals surface area contributed by atoms with Crippen LogP contribution in [-0.2, 0) is 4.79 Å². The smallest absolute Gasteiger partial charge is 0.219 e. The molecule has 1 aromatic carbocycles. The number of thioether (sulfide) groups is 1. The van der Waals surface area contributed by atoms with Gasteiger partial charge in [-0.15, -0.1) is 0 Å². The van der Waals surface area contributed by atoms with Crippen molar-refractivity contribution in [3.8, 4) is 0 Å². The average molecular weight is 252 g/mol. The molecule has 4 heteroatoms. The molecule has 0 radical (unpaired) electrons. The molecule has 1 aromatic rings. The van der Waals surface area contributed by atoms with Crippen molar-refractivity contribution in [2.45, 2.75) is 13.8 Å². The van der Waals surface area contributed by atoms with Gasteiger partial charge >= 0.3 is 0 Å². The number of carbonyl (C=O) groups is 2. The number of rotatable bonds is 5. The van der Waals surface area contributed by atoms with E-state index in [1.807, 2.05) is 6.07 Å². The Balaban J connectivity index is 2.53. The van der Waals surface area contributed by atoms with Gasteiger partial charge in [0.1, 0.15) is 0 Å². The van der Waals surface area contributed by atoms with Crippen molar-refractivity contribution in [2.24, 2.45) is 5.41 Å². The maximum Gasteiger partial charge on any atom is 0.219 e. The fraction of sp³-hybridized carbons (Fsp3) is 0.385. The lowest BCUT2D eigenvalue weighted by atomic mass is 9.90. The van der Waals surface area contributed by atoms with Crippen LogP contribution in [0.15, 0.2) is 30.3 Å². The third kappa shape index (κ3) is 3.98. The molecule has 0 aliphatic carbocycles. The standard InChI is InChI=1S/C13H16O3S/c1-13(2,9-14)11(15)8-17-12(16)10-6-4-3-5-7-10/h3-7,14H,8-9H2,1-2H3. The van der Waals surface area contributed by atoms with Gasteiger partial charge in [-0.1, -0.05) is 55.9 Å². The lowest BCUT2D eigenvalue weighted by molar-refractivity contribution is -0.126. The Morgan fingerprint density at radius 2 is 1.82 bits per heavy atom. The molecular formula is C13H16O3S. The summed E-state index contributed by atoms with van der Waals surface area (Å²) in [7, 11) is 0. The fourth-order valence-electron chi connectivity index (χ4n) is 1.07. The Hall–Kier alpha value is -1.13. The Morgan fingerprint density at radius 1 is 1.24 bits per heavy atom. The summed E-state index contributed by atoms with van der Waals surface area (Å²) in [5, 5.41) is 8.91. The molecule has 0 saturated heterocycles. The monoisotopic (exact) mass is 252 g/mol. The van der Waals surface area contributed by atoms with Crippen molar-refractivity contribution in [1.82, 2.24) is 0 Å². The molecular weight excluding hydrogens is 236 g/mol. The van der Waals surface area contributed by atoms with Crippen LogP contribution in [0.5, 0.6) is 0 Å². The van der Waals surface area contributed by atoms with E-state index in [1.165, 1.54) is 0 Å². The minimum absolute atomic E-state index is 0.0985. The number of carbonyl (C=O) groups excluding carboxylic acids is 2. The van der Waals surface area contributed by atoms with Crippen LogP contribution in [0.2, 0.25) is 0 Å². The molecule has 1 rings (SSSR count). The molecule has 0 aliphatic heterocycles. The molecule has 0 bridgehead atoms. The SMILES string of the molecule is CC(C)(CO)C(=O)CSC(=O)c1ccccc1. The summed E-state index contributed by atoms with van der Waals surface area (Å²) in [6.45, 7) is 3.14. The quantitative estimate of drug-likeness (QED) is 0.872. The second kappa shape index (κ2) is 5.98. The van der Waals surface area contributed by atoms with Gasteiger partial charge < -0.3 is 5.11 Å². The van der Waals surface area contributed by atoms with Gasteiger partial charge in [-0.2, -0.15) is 0 Å². The first-order valence-corrected chi connectivity index (χ1v) is 6.32. The van der Waals surface area contributed by atoms with Crippen molar-refractivity contribution >= 4 is 22.7 Å². The van der Waals surface area contributed by atoms with Crippen LogP contribution in [0.1, 0.15) is 24.2 Å². The molecule has 0 heterocycles. The van der Waals surface area contributed by atoms with E-state index in [1.54, 1.807) is 38.1 Å². The molecule has 0 unspecified atom stereocenters. The normalized spacial score (nSPS) is 11.2. The van der Waals surface area contributed by atoms with Gasteiger partial charge in [0.05, 0.1) is 12.4 Å². The summed E-state index contributed by atoms with van der Waals surface area (Å²) in [6, 6.07) is 8.84. The highest BCUT2D eigenvalue weighted by Crippen LogP contribution is 2.20. The zero-order valence-corrected chi connectivity index (χ0v) is 10.8. The summed E-state index contributed by atoms with van der Waals surface area (Å²) in [5.74, 6) is -0.0179. The number of hydrogen-bond donors (Lipinski definition) is 1. The summed E-state index contributed by atoms with van der Waals surface area (Å²) < 4.78 is 0. The first-order valence-electron chi connectivity index (χ1n) is 5.34. The van der Waals surface area contributed by atoms with Crippen LogP contribution in [0.3, 0.4) is 0 Å². The highest BCUT2D eigenvalue weighted by atomic mass is 32.2. The van der Waals surface area contributed by atoms with Gasteiger partial charge in [0.2, 0.25) is 5.12 Å². The number of aliphatic hydroxyl groups excluding tert-OH is 1. The van der Waals surface area contributed by atoms with Crippen molar-refractivity contribution < 1.29 is 14.7 Å². The van der Waals surface area contributed by atoms with Crippen molar-refractivity contribution in [2.75, 3.05) is 12.4 Å². The Bertz CT molecular complexity index is 398. The molecule has 1 N–H and O–H groups in total. The van der Waals surface area contributed by atoms with Gasteiger partial charge in [0.25, 0.3) is 0 Å². The highest BCUT2D eigenvalue weighted by Gasteiger charge is 2.26. The number of aliphatic hydroxyl groups is 1. The van der Waals surface area contributed by atoms with E-state index in [-0.39, 0.29) is 23.3 Å². The summed E-state index contributed by atoms with van der Waals surface area (Å²) in [4.78, 5) is 23.4. The fourth-order valence-corrected chi connectivity index (χ4v) is 2.03. The minimum atomic E-state index is -0.774. The average Bonchev–Trinajstić information content (AvgIpc) is 2.36. The number of ketones is 1. The first kappa shape index (κ1) is 13.9. The lowest BCUT2D eigenvalue weighted by Gasteiger charge is -2.18. The second-order valence-corrected chi connectivity index (χ2v) is 5.36. The van der Waals surface area contributed by atoms with Crippen LogP contribution in [0, 0.1) is 5.41 Å². The van der Waals surface area contributed by atoms with Crippen molar-refractivity contribution in [3.63, 3.8) is 0 Å². The van der Waals surface area contributed by atoms with Crippen LogP contribution < -0.4 is 0 Å². The maximum absolute atomic E-state index is 11.7. The molecule has 92 valence electrons. The van der Waals surface area contributed by atoms with Gasteiger partial charge in [0.15, 0.2) is 5.78 Å². The molecule has 17 heavy (non-hydrogen) atoms. The molecule has 0 spiro atoms. The molecule has 0 aliphatic rings. The molecule has 0 fully saturated rings. The van der Waals surface area contributed by atoms with Crippen molar-refractivity contribution in [3.05, 3.63) is 35.9 Å². The van der Waals surface area contributed by atoms with Crippen LogP contribution in [0.25, 0.3) is 0 Å². The topological polar surface area (TPSA) is 54.4 Å². The van der Waals surface area contributed by atoms with E-state index < -0.39 is 5.41 Å². The van der Waals surface area contributed by atoms with Gasteiger partial charge in [-0.25, -0.2) is 0 Å². The predicted octanol–water partition coefficient (Wildman–Crippen LogP) is 2.15. The van der Waals surface area contributed by atoms with Gasteiger partial charge in [0, 0.05) is 11.0 Å². The van der Waals surface area contributed by atoms with Crippen LogP contribution in [-0.4, -0.2) is 28.4 Å². The Labute approximate surface area is 105 Å². The molecule has 3 nitrogen and oxygen atoms in total. The molecule has 0 saturated carbocycles. The van der Waals surface area contributed by atoms with Gasteiger partial charge in [-0.3, -0.25) is 9.59 Å². The zero-order valence-electron chi connectivity index (χ0n) is 9.97. The molecule has 0 atom stereocenters. The Kier molecular flexibility index (Phi) is 4.90. The molecule has 0 aromatic heterocycles. The van der Waals surface area contributed by atoms with E-state index in [9.17, 15) is 9.59 Å². The second-order valence-electron chi connectivity index (χ2n) is 4.41. The van der Waals surface area contributed by atoms with E-state index in [0.29, 0.717) is 5.56 Å². The summed E-state index contributed by atoms with van der Waals surface area (Å²) in [5.41, 5.74) is -0.184. The molecule has 0 amide bonds. The number of benzene rings is 1. The minimum Gasteiger partial charge on any atom is -0.395 e. The number of Topliss-reactive ketones (excluding diaryl/α,β-unsaturated/α-hetero) is 1. The summed E-state index contributed by atoms with van der Waals surface area (Å²) >= 11 is 0.980. The highest BCUT2D eigenvalue weighted by molar-refractivity contribution is 8.14. The van der Waals surface area contributed by atoms with Crippen molar-refractivity contribution in [1.29, 1.82) is 0 Å². The van der Waals surface area contributed by atoms with Crippen LogP contribution >= 0.6 is 11.8 Å². The van der Waals surface area contributed by atoms with E-state index >= 15 is 0 Å². The van der Waals surface area contributed by atoms with E-state index in [0.717, 1.165) is 11.8 Å². The summed E-state index contributed by atoms with van der Waals surface area (Å²) in [6.07, 6.45) is 0. The maximum atomic E-state index is 11.7.